The quantitative estimate of drug-likeness (QED) is 0.863. The van der Waals surface area contributed by atoms with E-state index < -0.39 is 0 Å². The van der Waals surface area contributed by atoms with Gasteiger partial charge in [0.05, 0.1) is 11.4 Å². The molecule has 110 valence electrons. The Morgan fingerprint density at radius 3 is 2.00 bits per heavy atom. The van der Waals surface area contributed by atoms with E-state index in [0.29, 0.717) is 5.69 Å². The maximum absolute atomic E-state index is 13.4. The summed E-state index contributed by atoms with van der Waals surface area (Å²) in [7, 11) is 0. The molecule has 21 heavy (non-hydrogen) atoms. The minimum atomic E-state index is -0.278. The van der Waals surface area contributed by atoms with E-state index in [0.717, 1.165) is 37.6 Å². The van der Waals surface area contributed by atoms with Gasteiger partial charge in [-0.05, 0) is 42.5 Å². The van der Waals surface area contributed by atoms with Gasteiger partial charge in [0.1, 0.15) is 11.6 Å². The summed E-state index contributed by atoms with van der Waals surface area (Å²) in [5, 5.41) is 0. The Balaban J connectivity index is 1.70. The van der Waals surface area contributed by atoms with Crippen LogP contribution in [0.1, 0.15) is 0 Å². The maximum Gasteiger partial charge on any atom is 0.125 e. The van der Waals surface area contributed by atoms with Crippen LogP contribution in [0.3, 0.4) is 0 Å². The first-order chi connectivity index (χ1) is 10.1. The van der Waals surface area contributed by atoms with E-state index in [1.807, 2.05) is 0 Å². The lowest BCUT2D eigenvalue weighted by Gasteiger charge is -2.37. The van der Waals surface area contributed by atoms with Crippen molar-refractivity contribution in [3.8, 4) is 0 Å². The highest BCUT2D eigenvalue weighted by Crippen LogP contribution is 2.26. The van der Waals surface area contributed by atoms with E-state index in [1.165, 1.54) is 24.3 Å². The van der Waals surface area contributed by atoms with Crippen LogP contribution in [0.5, 0.6) is 0 Å². The van der Waals surface area contributed by atoms with Gasteiger partial charge in [0.25, 0.3) is 0 Å². The number of anilines is 3. The van der Waals surface area contributed by atoms with Gasteiger partial charge in [-0.2, -0.15) is 0 Å². The van der Waals surface area contributed by atoms with Crippen molar-refractivity contribution in [2.45, 2.75) is 0 Å². The molecule has 1 aliphatic heterocycles. The number of benzene rings is 2. The van der Waals surface area contributed by atoms with Crippen LogP contribution >= 0.6 is 0 Å². The monoisotopic (exact) mass is 289 g/mol. The molecule has 0 unspecified atom stereocenters. The van der Waals surface area contributed by atoms with Gasteiger partial charge >= 0.3 is 0 Å². The molecule has 1 fully saturated rings. The topological polar surface area (TPSA) is 32.5 Å². The second kappa shape index (κ2) is 5.60. The van der Waals surface area contributed by atoms with Crippen molar-refractivity contribution in [2.24, 2.45) is 0 Å². The highest BCUT2D eigenvalue weighted by Gasteiger charge is 2.19. The first kappa shape index (κ1) is 13.7. The van der Waals surface area contributed by atoms with Crippen molar-refractivity contribution in [1.82, 2.24) is 0 Å². The molecule has 1 aliphatic rings. The standard InChI is InChI=1S/C16H17F2N3/c17-12-1-4-14(5-2-12)20-7-9-21(10-8-20)16-11-13(18)3-6-15(16)19/h1-6,11H,7-10,19H2. The van der Waals surface area contributed by atoms with Gasteiger partial charge in [-0.15, -0.1) is 0 Å². The molecular weight excluding hydrogens is 272 g/mol. The molecule has 0 aromatic heterocycles. The lowest BCUT2D eigenvalue weighted by atomic mass is 10.2. The second-order valence-electron chi connectivity index (χ2n) is 5.15. The van der Waals surface area contributed by atoms with Crippen molar-refractivity contribution in [3.05, 3.63) is 54.1 Å². The smallest absolute Gasteiger partial charge is 0.125 e. The van der Waals surface area contributed by atoms with Crippen molar-refractivity contribution in [2.75, 3.05) is 41.7 Å². The number of rotatable bonds is 2. The van der Waals surface area contributed by atoms with Crippen LogP contribution in [0.25, 0.3) is 0 Å². The third-order valence-corrected chi connectivity index (χ3v) is 3.80. The van der Waals surface area contributed by atoms with Gasteiger partial charge in [0, 0.05) is 31.9 Å². The lowest BCUT2D eigenvalue weighted by molar-refractivity contribution is 0.619. The van der Waals surface area contributed by atoms with E-state index in [9.17, 15) is 8.78 Å². The number of nitrogens with zero attached hydrogens (tertiary/aromatic N) is 2. The largest absolute Gasteiger partial charge is 0.397 e. The molecule has 1 heterocycles. The lowest BCUT2D eigenvalue weighted by Crippen LogP contribution is -2.46. The maximum atomic E-state index is 13.4. The van der Waals surface area contributed by atoms with E-state index >= 15 is 0 Å². The third kappa shape index (κ3) is 2.91. The molecule has 0 spiro atoms. The number of nitrogen functional groups attached to an aromatic ring is 1. The summed E-state index contributed by atoms with van der Waals surface area (Å²) in [6, 6.07) is 10.9. The SMILES string of the molecule is Nc1ccc(F)cc1N1CCN(c2ccc(F)cc2)CC1. The van der Waals surface area contributed by atoms with Crippen LogP contribution in [0, 0.1) is 11.6 Å². The van der Waals surface area contributed by atoms with Gasteiger partial charge in [0.15, 0.2) is 0 Å². The average molecular weight is 289 g/mol. The van der Waals surface area contributed by atoms with Crippen LogP contribution in [-0.4, -0.2) is 26.2 Å². The molecule has 0 radical (unpaired) electrons. The molecule has 3 rings (SSSR count). The summed E-state index contributed by atoms with van der Waals surface area (Å²) in [6.45, 7) is 3.10. The molecule has 2 N–H and O–H groups in total. The zero-order valence-corrected chi connectivity index (χ0v) is 11.6. The predicted octanol–water partition coefficient (Wildman–Crippen LogP) is 2.87. The Kier molecular flexibility index (Phi) is 3.64. The third-order valence-electron chi connectivity index (χ3n) is 3.80. The van der Waals surface area contributed by atoms with Crippen molar-refractivity contribution < 1.29 is 8.78 Å². The summed E-state index contributed by atoms with van der Waals surface area (Å²) < 4.78 is 26.3. The fourth-order valence-corrected chi connectivity index (χ4v) is 2.65. The summed E-state index contributed by atoms with van der Waals surface area (Å²) in [6.07, 6.45) is 0. The van der Waals surface area contributed by atoms with E-state index in [-0.39, 0.29) is 11.6 Å². The van der Waals surface area contributed by atoms with Gasteiger partial charge in [0.2, 0.25) is 0 Å². The van der Waals surface area contributed by atoms with Crippen LogP contribution in [0.4, 0.5) is 25.8 Å². The van der Waals surface area contributed by atoms with Crippen LogP contribution < -0.4 is 15.5 Å². The Morgan fingerprint density at radius 2 is 1.33 bits per heavy atom. The number of halogens is 2. The number of hydrogen-bond donors (Lipinski definition) is 1. The normalized spacial score (nSPS) is 15.3. The summed E-state index contributed by atoms with van der Waals surface area (Å²) >= 11 is 0. The Hall–Kier alpha value is -2.30. The summed E-state index contributed by atoms with van der Waals surface area (Å²) in [4.78, 5) is 4.27. The predicted molar refractivity (Wildman–Crippen MR) is 81.6 cm³/mol. The van der Waals surface area contributed by atoms with Crippen molar-refractivity contribution in [3.63, 3.8) is 0 Å². The Labute approximate surface area is 122 Å². The van der Waals surface area contributed by atoms with E-state index in [2.05, 4.69) is 9.80 Å². The molecular formula is C16H17F2N3. The minimum Gasteiger partial charge on any atom is -0.397 e. The number of nitrogens with two attached hydrogens (primary N) is 1. The fourth-order valence-electron chi connectivity index (χ4n) is 2.65. The molecule has 0 amide bonds. The van der Waals surface area contributed by atoms with Gasteiger partial charge in [-0.25, -0.2) is 8.78 Å². The fraction of sp³-hybridized carbons (Fsp3) is 0.250. The molecule has 3 nitrogen and oxygen atoms in total. The van der Waals surface area contributed by atoms with Gasteiger partial charge < -0.3 is 15.5 Å². The molecule has 0 bridgehead atoms. The van der Waals surface area contributed by atoms with E-state index in [4.69, 9.17) is 5.73 Å². The molecule has 2 aromatic carbocycles. The zero-order valence-electron chi connectivity index (χ0n) is 11.6. The molecule has 0 saturated carbocycles. The molecule has 5 heteroatoms. The highest BCUT2D eigenvalue weighted by molar-refractivity contribution is 5.68. The van der Waals surface area contributed by atoms with Gasteiger partial charge in [-0.3, -0.25) is 0 Å². The second-order valence-corrected chi connectivity index (χ2v) is 5.15. The van der Waals surface area contributed by atoms with Crippen molar-refractivity contribution >= 4 is 17.1 Å². The number of hydrogen-bond acceptors (Lipinski definition) is 3. The van der Waals surface area contributed by atoms with Gasteiger partial charge in [-0.1, -0.05) is 0 Å². The Morgan fingerprint density at radius 1 is 0.762 bits per heavy atom. The van der Waals surface area contributed by atoms with Crippen LogP contribution in [-0.2, 0) is 0 Å². The first-order valence-corrected chi connectivity index (χ1v) is 6.94. The Bertz CT molecular complexity index is 620. The molecule has 0 atom stereocenters. The van der Waals surface area contributed by atoms with Crippen molar-refractivity contribution in [1.29, 1.82) is 0 Å². The number of piperazine rings is 1. The summed E-state index contributed by atoms with van der Waals surface area (Å²) in [5.41, 5.74) is 8.26. The highest BCUT2D eigenvalue weighted by atomic mass is 19.1. The van der Waals surface area contributed by atoms with Crippen LogP contribution in [0.2, 0.25) is 0 Å². The minimum absolute atomic E-state index is 0.232. The molecule has 0 aliphatic carbocycles. The first-order valence-electron chi connectivity index (χ1n) is 6.94. The van der Waals surface area contributed by atoms with E-state index in [1.54, 1.807) is 18.2 Å². The average Bonchev–Trinajstić information content (AvgIpc) is 2.51. The molecule has 2 aromatic rings. The van der Waals surface area contributed by atoms with Crippen LogP contribution in [0.15, 0.2) is 42.5 Å². The zero-order chi connectivity index (χ0) is 14.8. The summed E-state index contributed by atoms with van der Waals surface area (Å²) in [5.74, 6) is -0.509. The molecule has 1 saturated heterocycles.